The van der Waals surface area contributed by atoms with E-state index in [2.05, 4.69) is 10.1 Å². The normalized spacial score (nSPS) is 11.2. The number of thiazole rings is 1. The number of anilines is 1. The second-order valence-corrected chi connectivity index (χ2v) is 3.54. The molecular weight excluding hydrogens is 230 g/mol. The Bertz CT molecular complexity index is 389. The van der Waals surface area contributed by atoms with E-state index in [4.69, 9.17) is 15.3 Å². The van der Waals surface area contributed by atoms with Gasteiger partial charge in [-0.2, -0.15) is 0 Å². The minimum atomic E-state index is -0.568. The Kier molecular flexibility index (Phi) is 4.71. The first-order valence-electron chi connectivity index (χ1n) is 4.77. The highest BCUT2D eigenvalue weighted by atomic mass is 32.1. The summed E-state index contributed by atoms with van der Waals surface area (Å²) in [7, 11) is 0. The number of hydrogen-bond acceptors (Lipinski definition) is 7. The quantitative estimate of drug-likeness (QED) is 0.474. The molecule has 0 aliphatic rings. The van der Waals surface area contributed by atoms with Crippen LogP contribution in [0, 0.1) is 0 Å². The summed E-state index contributed by atoms with van der Waals surface area (Å²) in [5.74, 6) is -0.568. The van der Waals surface area contributed by atoms with E-state index in [0.29, 0.717) is 17.4 Å². The van der Waals surface area contributed by atoms with Crippen molar-refractivity contribution in [3.05, 3.63) is 11.1 Å². The molecule has 0 atom stereocenters. The summed E-state index contributed by atoms with van der Waals surface area (Å²) in [6, 6.07) is 0. The number of carbonyl (C=O) groups is 1. The van der Waals surface area contributed by atoms with E-state index >= 15 is 0 Å². The minimum absolute atomic E-state index is 0.0386. The molecule has 0 aliphatic heterocycles. The van der Waals surface area contributed by atoms with Crippen LogP contribution in [0.4, 0.5) is 5.13 Å². The Morgan fingerprint density at radius 3 is 2.81 bits per heavy atom. The first-order valence-corrected chi connectivity index (χ1v) is 5.65. The minimum Gasteiger partial charge on any atom is -0.461 e. The van der Waals surface area contributed by atoms with Crippen LogP contribution >= 0.6 is 11.3 Å². The van der Waals surface area contributed by atoms with Gasteiger partial charge in [0.25, 0.3) is 0 Å². The Hall–Kier alpha value is -1.63. The van der Waals surface area contributed by atoms with Gasteiger partial charge in [-0.05, 0) is 13.8 Å². The van der Waals surface area contributed by atoms with Crippen LogP contribution in [0.1, 0.15) is 19.5 Å². The first kappa shape index (κ1) is 12.4. The summed E-state index contributed by atoms with van der Waals surface area (Å²) in [4.78, 5) is 20.3. The van der Waals surface area contributed by atoms with Gasteiger partial charge in [-0.1, -0.05) is 5.16 Å². The number of nitrogens with zero attached hydrogens (tertiary/aromatic N) is 2. The van der Waals surface area contributed by atoms with Gasteiger partial charge in [0.05, 0.1) is 6.61 Å². The fraction of sp³-hybridized carbons (Fsp3) is 0.444. The molecule has 1 rings (SSSR count). The fourth-order valence-corrected chi connectivity index (χ4v) is 1.46. The van der Waals surface area contributed by atoms with E-state index in [1.807, 2.05) is 0 Å². The van der Waals surface area contributed by atoms with E-state index in [-0.39, 0.29) is 12.3 Å². The topological polar surface area (TPSA) is 86.8 Å². The van der Waals surface area contributed by atoms with Crippen molar-refractivity contribution in [3.63, 3.8) is 0 Å². The molecule has 2 N–H and O–H groups in total. The number of nitrogen functional groups attached to an aromatic ring is 1. The molecule has 0 saturated heterocycles. The van der Waals surface area contributed by atoms with E-state index in [1.54, 1.807) is 19.2 Å². The van der Waals surface area contributed by atoms with Crippen LogP contribution in [0.3, 0.4) is 0 Å². The second kappa shape index (κ2) is 6.06. The van der Waals surface area contributed by atoms with Crippen LogP contribution in [0.5, 0.6) is 0 Å². The summed E-state index contributed by atoms with van der Waals surface area (Å²) in [5, 5.41) is 5.67. The number of aromatic nitrogens is 1. The first-order chi connectivity index (χ1) is 7.69. The Labute approximate surface area is 97.1 Å². The monoisotopic (exact) mass is 243 g/mol. The van der Waals surface area contributed by atoms with Crippen LogP contribution in [0.2, 0.25) is 0 Å². The van der Waals surface area contributed by atoms with Gasteiger partial charge in [0, 0.05) is 5.38 Å². The van der Waals surface area contributed by atoms with Crippen molar-refractivity contribution in [3.8, 4) is 0 Å². The van der Waals surface area contributed by atoms with Crippen LogP contribution in [-0.2, 0) is 14.4 Å². The predicted molar refractivity (Wildman–Crippen MR) is 61.3 cm³/mol. The average Bonchev–Trinajstić information content (AvgIpc) is 2.66. The summed E-state index contributed by atoms with van der Waals surface area (Å²) in [6.45, 7) is 4.11. The highest BCUT2D eigenvalue weighted by Gasteiger charge is 2.19. The number of hydrogen-bond donors (Lipinski definition) is 1. The molecule has 1 heterocycles. The second-order valence-electron chi connectivity index (χ2n) is 2.65. The molecule has 0 spiro atoms. The number of carbonyl (C=O) groups excluding carboxylic acids is 1. The molecule has 1 aromatic rings. The molecule has 6 nitrogen and oxygen atoms in total. The lowest BCUT2D eigenvalue weighted by Crippen LogP contribution is -2.19. The van der Waals surface area contributed by atoms with Gasteiger partial charge in [-0.3, -0.25) is 0 Å². The third kappa shape index (κ3) is 3.20. The van der Waals surface area contributed by atoms with Gasteiger partial charge in [0.2, 0.25) is 5.71 Å². The highest BCUT2D eigenvalue weighted by Crippen LogP contribution is 2.12. The van der Waals surface area contributed by atoms with E-state index in [1.165, 1.54) is 11.3 Å². The summed E-state index contributed by atoms with van der Waals surface area (Å²) >= 11 is 1.22. The molecular formula is C9H13N3O3S. The zero-order valence-electron chi connectivity index (χ0n) is 9.10. The van der Waals surface area contributed by atoms with Gasteiger partial charge >= 0.3 is 5.97 Å². The third-order valence-electron chi connectivity index (χ3n) is 1.52. The van der Waals surface area contributed by atoms with Gasteiger partial charge in [0.1, 0.15) is 12.3 Å². The predicted octanol–water partition coefficient (Wildman–Crippen LogP) is 1.03. The van der Waals surface area contributed by atoms with Crippen molar-refractivity contribution in [2.24, 2.45) is 5.16 Å². The molecule has 16 heavy (non-hydrogen) atoms. The Morgan fingerprint density at radius 1 is 1.56 bits per heavy atom. The van der Waals surface area contributed by atoms with E-state index < -0.39 is 5.97 Å². The number of nitrogens with two attached hydrogens (primary N) is 1. The molecule has 0 aromatic carbocycles. The fourth-order valence-electron chi connectivity index (χ4n) is 0.914. The lowest BCUT2D eigenvalue weighted by atomic mass is 10.3. The van der Waals surface area contributed by atoms with Crippen molar-refractivity contribution in [2.75, 3.05) is 18.9 Å². The van der Waals surface area contributed by atoms with Gasteiger partial charge < -0.3 is 15.3 Å². The smallest absolute Gasteiger partial charge is 0.362 e. The van der Waals surface area contributed by atoms with E-state index in [0.717, 1.165) is 0 Å². The lowest BCUT2D eigenvalue weighted by molar-refractivity contribution is -0.135. The molecule has 0 saturated carbocycles. The highest BCUT2D eigenvalue weighted by molar-refractivity contribution is 7.13. The van der Waals surface area contributed by atoms with Crippen LogP contribution in [0.25, 0.3) is 0 Å². The van der Waals surface area contributed by atoms with Crippen LogP contribution in [-0.4, -0.2) is 29.9 Å². The van der Waals surface area contributed by atoms with Crippen molar-refractivity contribution < 1.29 is 14.4 Å². The maximum atomic E-state index is 11.5. The van der Waals surface area contributed by atoms with Gasteiger partial charge in [-0.15, -0.1) is 11.3 Å². The molecule has 0 radical (unpaired) electrons. The molecule has 0 bridgehead atoms. The number of esters is 1. The Morgan fingerprint density at radius 2 is 2.31 bits per heavy atom. The summed E-state index contributed by atoms with van der Waals surface area (Å²) < 4.78 is 4.84. The molecule has 0 aliphatic carbocycles. The molecule has 0 fully saturated rings. The molecule has 0 amide bonds. The van der Waals surface area contributed by atoms with Crippen molar-refractivity contribution >= 4 is 28.1 Å². The zero-order chi connectivity index (χ0) is 12.0. The number of ether oxygens (including phenoxy) is 1. The van der Waals surface area contributed by atoms with Gasteiger partial charge in [-0.25, -0.2) is 9.78 Å². The van der Waals surface area contributed by atoms with E-state index in [9.17, 15) is 4.79 Å². The standard InChI is InChI=1S/C9H13N3O3S/c1-3-14-8(13)7(12-15-4-2)6-5-16-9(10)11-6/h5H,3-4H2,1-2H3,(H2,10,11)/b12-7-. The van der Waals surface area contributed by atoms with Crippen molar-refractivity contribution in [2.45, 2.75) is 13.8 Å². The number of oxime groups is 1. The molecule has 88 valence electrons. The maximum Gasteiger partial charge on any atom is 0.362 e. The van der Waals surface area contributed by atoms with Crippen LogP contribution < -0.4 is 5.73 Å². The molecule has 0 unspecified atom stereocenters. The van der Waals surface area contributed by atoms with Crippen molar-refractivity contribution in [1.29, 1.82) is 0 Å². The number of rotatable bonds is 5. The summed E-state index contributed by atoms with van der Waals surface area (Å²) in [5.41, 5.74) is 5.89. The maximum absolute atomic E-state index is 11.5. The average molecular weight is 243 g/mol. The molecule has 1 aromatic heterocycles. The summed E-state index contributed by atoms with van der Waals surface area (Å²) in [6.07, 6.45) is 0. The van der Waals surface area contributed by atoms with Crippen LogP contribution in [0.15, 0.2) is 10.5 Å². The Balaban J connectivity index is 2.91. The molecule has 7 heteroatoms. The zero-order valence-corrected chi connectivity index (χ0v) is 9.91. The lowest BCUT2D eigenvalue weighted by Gasteiger charge is -2.02. The van der Waals surface area contributed by atoms with Crippen molar-refractivity contribution in [1.82, 2.24) is 4.98 Å². The van der Waals surface area contributed by atoms with Gasteiger partial charge in [0.15, 0.2) is 5.13 Å². The largest absolute Gasteiger partial charge is 0.461 e. The SMILES string of the molecule is CCO/N=C(\C(=O)OCC)c1csc(N)n1. The third-order valence-corrected chi connectivity index (χ3v) is 2.19.